The molecule has 0 saturated heterocycles. The molecule has 49 heavy (non-hydrogen) atoms. The topological polar surface area (TPSA) is 132 Å². The second-order valence-corrected chi connectivity index (χ2v) is 12.5. The predicted octanol–water partition coefficient (Wildman–Crippen LogP) is 10.6. The Labute approximate surface area is 292 Å². The first-order valence-corrected chi connectivity index (χ1v) is 17.4. The van der Waals surface area contributed by atoms with Gasteiger partial charge in [-0.15, -0.1) is 4.33 Å². The summed E-state index contributed by atoms with van der Waals surface area (Å²) in [7, 11) is 0. The van der Waals surface area contributed by atoms with Crippen LogP contribution < -0.4 is 9.80 Å². The molecule has 5 aromatic rings. The molecule has 0 aliphatic carbocycles. The fraction of sp³-hybridized carbons (Fsp3) is 0.167. The van der Waals surface area contributed by atoms with Crippen LogP contribution in [0, 0.1) is 0 Å². The predicted molar refractivity (Wildman–Crippen MR) is 194 cm³/mol. The van der Waals surface area contributed by atoms with Gasteiger partial charge in [0.1, 0.15) is 0 Å². The Bertz CT molecular complexity index is 1870. The highest BCUT2D eigenvalue weighted by atomic mass is 32.2. The summed E-state index contributed by atoms with van der Waals surface area (Å²) in [5, 5.41) is 29.6. The molecule has 0 spiro atoms. The average molecular weight is 697 g/mol. The third-order valence-corrected chi connectivity index (χ3v) is 8.74. The zero-order valence-corrected chi connectivity index (χ0v) is 28.6. The highest BCUT2D eigenvalue weighted by Crippen LogP contribution is 2.28. The van der Waals surface area contributed by atoms with Crippen molar-refractivity contribution >= 4 is 57.2 Å². The minimum Gasteiger partial charge on any atom is -0.367 e. The molecule has 0 bridgehead atoms. The lowest BCUT2D eigenvalue weighted by Crippen LogP contribution is -2.21. The van der Waals surface area contributed by atoms with E-state index in [2.05, 4.69) is 53.5 Å². The lowest BCUT2D eigenvalue weighted by molar-refractivity contribution is -0.432. The Morgan fingerprint density at radius 1 is 0.633 bits per heavy atom. The second-order valence-electron chi connectivity index (χ2n) is 10.7. The largest absolute Gasteiger partial charge is 0.367 e. The lowest BCUT2D eigenvalue weighted by atomic mass is 10.2. The van der Waals surface area contributed by atoms with Gasteiger partial charge in [-0.05, 0) is 122 Å². The first kappa shape index (κ1) is 35.5. The van der Waals surface area contributed by atoms with E-state index in [9.17, 15) is 8.76 Å². The molecule has 0 saturated carbocycles. The van der Waals surface area contributed by atoms with Crippen LogP contribution >= 0.6 is 12.0 Å². The number of rotatable bonds is 16. The Balaban J connectivity index is 1.14. The quantitative estimate of drug-likeness (QED) is 0.0342. The summed E-state index contributed by atoms with van der Waals surface area (Å²) >= 11 is -1.06. The number of benzene rings is 5. The van der Waals surface area contributed by atoms with E-state index >= 15 is 0 Å². The van der Waals surface area contributed by atoms with Crippen LogP contribution in [0.4, 0.5) is 34.1 Å². The van der Waals surface area contributed by atoms with Crippen LogP contribution in [0.15, 0.2) is 152 Å². The Morgan fingerprint density at radius 2 is 1.06 bits per heavy atom. The SMILES string of the molecule is CCN(Cc1cccc(SOOO)c1)c1ccc(/N=N/c2ccc(/N=N/c3ccc(N(CC)Cc4cccc(S(=O)O)c4)cc3)cc2)cc1. The van der Waals surface area contributed by atoms with Crippen molar-refractivity contribution in [2.24, 2.45) is 20.5 Å². The van der Waals surface area contributed by atoms with Gasteiger partial charge in [-0.1, -0.05) is 29.3 Å². The maximum absolute atomic E-state index is 11.4. The summed E-state index contributed by atoms with van der Waals surface area (Å²) in [5.41, 5.74) is 7.00. The van der Waals surface area contributed by atoms with E-state index in [1.165, 1.54) is 0 Å². The molecular formula is C36H36N6O5S2. The van der Waals surface area contributed by atoms with E-state index in [1.54, 1.807) is 18.2 Å². The molecule has 1 unspecified atom stereocenters. The fourth-order valence-corrected chi connectivity index (χ4v) is 5.88. The van der Waals surface area contributed by atoms with Gasteiger partial charge in [0.25, 0.3) is 0 Å². The molecule has 0 aliphatic rings. The zero-order valence-electron chi connectivity index (χ0n) is 27.0. The van der Waals surface area contributed by atoms with Gasteiger partial charge < -0.3 is 14.4 Å². The monoisotopic (exact) mass is 696 g/mol. The van der Waals surface area contributed by atoms with E-state index in [0.717, 1.165) is 63.9 Å². The molecule has 2 N–H and O–H groups in total. The normalized spacial score (nSPS) is 12.1. The van der Waals surface area contributed by atoms with Crippen LogP contribution in [0.1, 0.15) is 25.0 Å². The summed E-state index contributed by atoms with van der Waals surface area (Å²) in [6, 6.07) is 38.1. The molecule has 5 rings (SSSR count). The van der Waals surface area contributed by atoms with Crippen molar-refractivity contribution in [2.75, 3.05) is 22.9 Å². The first-order valence-electron chi connectivity index (χ1n) is 15.5. The summed E-state index contributed by atoms with van der Waals surface area (Å²) in [5.74, 6) is 0. The second kappa shape index (κ2) is 18.1. The van der Waals surface area contributed by atoms with Gasteiger partial charge in [0.05, 0.1) is 39.7 Å². The van der Waals surface area contributed by atoms with Gasteiger partial charge in [0, 0.05) is 42.4 Å². The Kier molecular flexibility index (Phi) is 13.1. The van der Waals surface area contributed by atoms with Crippen LogP contribution in [0.3, 0.4) is 0 Å². The summed E-state index contributed by atoms with van der Waals surface area (Å²) in [4.78, 5) is 5.63. The molecule has 11 nitrogen and oxygen atoms in total. The van der Waals surface area contributed by atoms with Gasteiger partial charge in [-0.3, -0.25) is 0 Å². The molecule has 0 fully saturated rings. The lowest BCUT2D eigenvalue weighted by Gasteiger charge is -2.23. The van der Waals surface area contributed by atoms with Gasteiger partial charge in [0.2, 0.25) is 0 Å². The number of azo groups is 2. The molecule has 252 valence electrons. The third kappa shape index (κ3) is 10.6. The van der Waals surface area contributed by atoms with Gasteiger partial charge in [0.15, 0.2) is 11.1 Å². The minimum absolute atomic E-state index is 0.393. The van der Waals surface area contributed by atoms with Gasteiger partial charge in [-0.25, -0.2) is 9.47 Å². The van der Waals surface area contributed by atoms with Crippen molar-refractivity contribution in [1.29, 1.82) is 0 Å². The molecule has 0 amide bonds. The molecule has 5 aromatic carbocycles. The van der Waals surface area contributed by atoms with E-state index in [0.29, 0.717) is 29.4 Å². The summed E-state index contributed by atoms with van der Waals surface area (Å²) in [6.07, 6.45) is 0. The van der Waals surface area contributed by atoms with Crippen molar-refractivity contribution in [2.45, 2.75) is 36.7 Å². The number of nitrogens with zero attached hydrogens (tertiary/aromatic N) is 6. The van der Waals surface area contributed by atoms with Gasteiger partial charge >= 0.3 is 0 Å². The van der Waals surface area contributed by atoms with Crippen molar-refractivity contribution < 1.29 is 23.4 Å². The van der Waals surface area contributed by atoms with Crippen LogP contribution in [0.2, 0.25) is 0 Å². The van der Waals surface area contributed by atoms with Crippen LogP contribution in [0.5, 0.6) is 0 Å². The van der Waals surface area contributed by atoms with Crippen LogP contribution in [-0.4, -0.2) is 27.1 Å². The van der Waals surface area contributed by atoms with Crippen LogP contribution in [0.25, 0.3) is 0 Å². The Hall–Kier alpha value is -4.76. The van der Waals surface area contributed by atoms with E-state index in [-0.39, 0.29) is 0 Å². The highest BCUT2D eigenvalue weighted by molar-refractivity contribution is 7.94. The summed E-state index contributed by atoms with van der Waals surface area (Å²) in [6.45, 7) is 7.08. The van der Waals surface area contributed by atoms with Crippen LogP contribution in [-0.2, 0) is 33.5 Å². The maximum Gasteiger partial charge on any atom is 0.186 e. The molecule has 1 atom stereocenters. The van der Waals surface area contributed by atoms with Crippen molar-refractivity contribution in [3.63, 3.8) is 0 Å². The maximum atomic E-state index is 11.4. The molecule has 0 aromatic heterocycles. The average Bonchev–Trinajstić information content (AvgIpc) is 3.14. The molecule has 0 aliphatic heterocycles. The van der Waals surface area contributed by atoms with E-state index < -0.39 is 11.1 Å². The molecule has 13 heteroatoms. The number of anilines is 2. The smallest absolute Gasteiger partial charge is 0.186 e. The Morgan fingerprint density at radius 3 is 1.49 bits per heavy atom. The standard InChI is InChI=1S/C36H36N6O5S2/c1-3-41(25-27-7-5-9-35(23-27)48-47-46-43)33-19-15-31(16-20-33)39-37-29-11-13-30(14-12-29)38-40-32-17-21-34(22-18-32)42(4-2)26-28-8-6-10-36(24-28)49(44)45/h5-24,43H,3-4,25-26H2,1-2H3,(H,44,45)/b39-37+,40-38+. The molecule has 0 heterocycles. The first-order chi connectivity index (χ1) is 23.9. The van der Waals surface area contributed by atoms with E-state index in [1.807, 2.05) is 103 Å². The number of hydrogen-bond acceptors (Lipinski definition) is 11. The summed E-state index contributed by atoms with van der Waals surface area (Å²) < 4.78 is 25.4. The third-order valence-electron chi connectivity index (χ3n) is 7.51. The van der Waals surface area contributed by atoms with Crippen molar-refractivity contribution in [1.82, 2.24) is 0 Å². The van der Waals surface area contributed by atoms with Crippen molar-refractivity contribution in [3.05, 3.63) is 132 Å². The fourth-order valence-electron chi connectivity index (χ4n) is 4.99. The molecule has 0 radical (unpaired) electrons. The van der Waals surface area contributed by atoms with E-state index in [4.69, 9.17) is 5.26 Å². The van der Waals surface area contributed by atoms with Gasteiger partial charge in [-0.2, -0.15) is 20.5 Å². The van der Waals surface area contributed by atoms with Crippen molar-refractivity contribution in [3.8, 4) is 0 Å². The number of hydrogen-bond donors (Lipinski definition) is 2. The highest BCUT2D eigenvalue weighted by Gasteiger charge is 2.09. The molecular weight excluding hydrogens is 661 g/mol. The zero-order chi connectivity index (χ0) is 34.4. The minimum atomic E-state index is -2.00.